The van der Waals surface area contributed by atoms with Gasteiger partial charge in [0.05, 0.1) is 26.5 Å². The zero-order chi connectivity index (χ0) is 25.5. The van der Waals surface area contributed by atoms with Gasteiger partial charge in [0.25, 0.3) is 0 Å². The quantitative estimate of drug-likeness (QED) is 0.500. The van der Waals surface area contributed by atoms with Gasteiger partial charge in [-0.3, -0.25) is 9.59 Å². The minimum Gasteiger partial charge on any atom is -0.497 e. The van der Waals surface area contributed by atoms with Crippen LogP contribution in [0.1, 0.15) is 39.0 Å². The Hall–Kier alpha value is -3.36. The SMILES string of the molecule is CCCCN(CC(=O)N1CCN(c2ccc(-c3ccc(OC)cc3OC)nn2)CC1)C(=O)C1CCC1. The summed E-state index contributed by atoms with van der Waals surface area (Å²) in [6, 6.07) is 9.48. The fourth-order valence-electron chi connectivity index (χ4n) is 4.63. The van der Waals surface area contributed by atoms with Crippen molar-refractivity contribution in [2.75, 3.05) is 58.4 Å². The van der Waals surface area contributed by atoms with E-state index in [-0.39, 0.29) is 24.3 Å². The molecule has 2 aliphatic rings. The second-order valence-corrected chi connectivity index (χ2v) is 9.45. The number of ether oxygens (including phenoxy) is 2. The van der Waals surface area contributed by atoms with Gasteiger partial charge in [-0.05, 0) is 43.5 Å². The summed E-state index contributed by atoms with van der Waals surface area (Å²) in [6.07, 6.45) is 4.97. The fraction of sp³-hybridized carbons (Fsp3) is 0.556. The standard InChI is InChI=1S/C27H37N5O4/c1-4-5-13-32(27(34)20-7-6-8-20)19-26(33)31-16-14-30(15-17-31)25-12-11-23(28-29-25)22-10-9-21(35-2)18-24(22)36-3/h9-12,18,20H,4-8,13-17,19H2,1-3H3. The summed E-state index contributed by atoms with van der Waals surface area (Å²) < 4.78 is 10.8. The summed E-state index contributed by atoms with van der Waals surface area (Å²) in [7, 11) is 3.24. The maximum absolute atomic E-state index is 13.0. The Labute approximate surface area is 213 Å². The van der Waals surface area contributed by atoms with E-state index in [0.717, 1.165) is 49.2 Å². The van der Waals surface area contributed by atoms with Crippen LogP contribution in [0.25, 0.3) is 11.3 Å². The van der Waals surface area contributed by atoms with Gasteiger partial charge >= 0.3 is 0 Å². The first kappa shape index (κ1) is 25.7. The van der Waals surface area contributed by atoms with Crippen LogP contribution in [0.2, 0.25) is 0 Å². The number of unbranched alkanes of at least 4 members (excludes halogenated alkanes) is 1. The summed E-state index contributed by atoms with van der Waals surface area (Å²) in [4.78, 5) is 31.6. The Morgan fingerprint density at radius 1 is 1.03 bits per heavy atom. The third-order valence-electron chi connectivity index (χ3n) is 7.17. The van der Waals surface area contributed by atoms with Crippen LogP contribution in [0.15, 0.2) is 30.3 Å². The Bertz CT molecular complexity index is 1030. The van der Waals surface area contributed by atoms with Crippen LogP contribution < -0.4 is 14.4 Å². The lowest BCUT2D eigenvalue weighted by atomic mass is 9.84. The molecule has 0 radical (unpaired) electrons. The second kappa shape index (κ2) is 12.1. The van der Waals surface area contributed by atoms with Crippen molar-refractivity contribution < 1.29 is 19.1 Å². The number of hydrogen-bond acceptors (Lipinski definition) is 7. The molecule has 0 unspecified atom stereocenters. The van der Waals surface area contributed by atoms with Crippen molar-refractivity contribution in [1.29, 1.82) is 0 Å². The summed E-state index contributed by atoms with van der Waals surface area (Å²) in [6.45, 7) is 5.53. The Balaban J connectivity index is 1.33. The van der Waals surface area contributed by atoms with E-state index in [2.05, 4.69) is 22.0 Å². The molecule has 0 spiro atoms. The molecule has 2 fully saturated rings. The van der Waals surface area contributed by atoms with E-state index < -0.39 is 0 Å². The number of aromatic nitrogens is 2. The van der Waals surface area contributed by atoms with Gasteiger partial charge in [0, 0.05) is 50.3 Å². The molecule has 4 rings (SSSR count). The van der Waals surface area contributed by atoms with Crippen LogP contribution in [-0.4, -0.2) is 85.3 Å². The molecule has 36 heavy (non-hydrogen) atoms. The molecule has 9 heteroatoms. The maximum atomic E-state index is 13.0. The highest BCUT2D eigenvalue weighted by Crippen LogP contribution is 2.32. The number of amides is 2. The summed E-state index contributed by atoms with van der Waals surface area (Å²) >= 11 is 0. The highest BCUT2D eigenvalue weighted by atomic mass is 16.5. The molecule has 0 bridgehead atoms. The molecule has 1 aliphatic carbocycles. The first-order valence-corrected chi connectivity index (χ1v) is 12.9. The molecule has 1 aliphatic heterocycles. The van der Waals surface area contributed by atoms with Crippen molar-refractivity contribution in [3.05, 3.63) is 30.3 Å². The molecule has 0 N–H and O–H groups in total. The van der Waals surface area contributed by atoms with Crippen molar-refractivity contribution in [3.63, 3.8) is 0 Å². The van der Waals surface area contributed by atoms with Gasteiger partial charge in [0.15, 0.2) is 5.82 Å². The summed E-state index contributed by atoms with van der Waals surface area (Å²) in [5.74, 6) is 2.48. The molecule has 1 saturated heterocycles. The summed E-state index contributed by atoms with van der Waals surface area (Å²) in [5, 5.41) is 8.86. The third kappa shape index (κ3) is 5.88. The van der Waals surface area contributed by atoms with E-state index in [9.17, 15) is 9.59 Å². The molecule has 1 aromatic heterocycles. The van der Waals surface area contributed by atoms with Gasteiger partial charge in [-0.15, -0.1) is 10.2 Å². The Morgan fingerprint density at radius 2 is 1.81 bits per heavy atom. The molecule has 0 atom stereocenters. The normalized spacial score (nSPS) is 15.9. The predicted molar refractivity (Wildman–Crippen MR) is 138 cm³/mol. The monoisotopic (exact) mass is 495 g/mol. The fourth-order valence-corrected chi connectivity index (χ4v) is 4.63. The molecule has 1 saturated carbocycles. The predicted octanol–water partition coefficient (Wildman–Crippen LogP) is 3.24. The van der Waals surface area contributed by atoms with Crippen LogP contribution in [0.3, 0.4) is 0 Å². The van der Waals surface area contributed by atoms with Gasteiger partial charge in [0.1, 0.15) is 11.5 Å². The molecule has 194 valence electrons. The zero-order valence-corrected chi connectivity index (χ0v) is 21.6. The number of benzene rings is 1. The number of piperazine rings is 1. The number of anilines is 1. The summed E-state index contributed by atoms with van der Waals surface area (Å²) in [5.41, 5.74) is 1.56. The van der Waals surface area contributed by atoms with Gasteiger partial charge < -0.3 is 24.2 Å². The molecule has 2 aromatic rings. The van der Waals surface area contributed by atoms with E-state index in [1.54, 1.807) is 19.1 Å². The highest BCUT2D eigenvalue weighted by Gasteiger charge is 2.31. The third-order valence-corrected chi connectivity index (χ3v) is 7.17. The molecule has 2 amide bonds. The lowest BCUT2D eigenvalue weighted by Gasteiger charge is -2.37. The van der Waals surface area contributed by atoms with Crippen LogP contribution >= 0.6 is 0 Å². The van der Waals surface area contributed by atoms with Gasteiger partial charge in [0.2, 0.25) is 11.8 Å². The number of hydrogen-bond donors (Lipinski definition) is 0. The van der Waals surface area contributed by atoms with Gasteiger partial charge in [-0.2, -0.15) is 0 Å². The van der Waals surface area contributed by atoms with Gasteiger partial charge in [-0.25, -0.2) is 0 Å². The highest BCUT2D eigenvalue weighted by molar-refractivity contribution is 5.86. The minimum atomic E-state index is 0.0338. The largest absolute Gasteiger partial charge is 0.497 e. The molecule has 9 nitrogen and oxygen atoms in total. The van der Waals surface area contributed by atoms with E-state index in [0.29, 0.717) is 44.2 Å². The van der Waals surface area contributed by atoms with Crippen molar-refractivity contribution in [2.45, 2.75) is 39.0 Å². The number of nitrogens with zero attached hydrogens (tertiary/aromatic N) is 5. The Morgan fingerprint density at radius 3 is 2.39 bits per heavy atom. The number of methoxy groups -OCH3 is 2. The molecular formula is C27H37N5O4. The van der Waals surface area contributed by atoms with E-state index in [1.165, 1.54) is 0 Å². The number of carbonyl (C=O) groups is 2. The van der Waals surface area contributed by atoms with E-state index >= 15 is 0 Å². The topological polar surface area (TPSA) is 88.1 Å². The smallest absolute Gasteiger partial charge is 0.242 e. The second-order valence-electron chi connectivity index (χ2n) is 9.45. The lowest BCUT2D eigenvalue weighted by Crippen LogP contribution is -2.53. The van der Waals surface area contributed by atoms with Crippen molar-refractivity contribution in [3.8, 4) is 22.8 Å². The van der Waals surface area contributed by atoms with Gasteiger partial charge in [-0.1, -0.05) is 19.8 Å². The van der Waals surface area contributed by atoms with Crippen LogP contribution in [0.4, 0.5) is 5.82 Å². The maximum Gasteiger partial charge on any atom is 0.242 e. The first-order chi connectivity index (χ1) is 17.5. The lowest BCUT2D eigenvalue weighted by molar-refractivity contribution is -0.144. The minimum absolute atomic E-state index is 0.0338. The van der Waals surface area contributed by atoms with Crippen LogP contribution in [-0.2, 0) is 9.59 Å². The number of carbonyl (C=O) groups excluding carboxylic acids is 2. The Kier molecular flexibility index (Phi) is 8.61. The van der Waals surface area contributed by atoms with E-state index in [4.69, 9.17) is 9.47 Å². The zero-order valence-electron chi connectivity index (χ0n) is 21.6. The number of rotatable bonds is 10. The average molecular weight is 496 g/mol. The van der Waals surface area contributed by atoms with Crippen LogP contribution in [0, 0.1) is 5.92 Å². The average Bonchev–Trinajstić information content (AvgIpc) is 2.89. The molecule has 1 aromatic carbocycles. The van der Waals surface area contributed by atoms with Crippen molar-refractivity contribution >= 4 is 17.6 Å². The first-order valence-electron chi connectivity index (χ1n) is 12.9. The van der Waals surface area contributed by atoms with Crippen molar-refractivity contribution in [2.24, 2.45) is 5.92 Å². The van der Waals surface area contributed by atoms with Crippen molar-refractivity contribution in [1.82, 2.24) is 20.0 Å². The molecule has 2 heterocycles. The molecular weight excluding hydrogens is 458 g/mol. The van der Waals surface area contributed by atoms with Crippen LogP contribution in [0.5, 0.6) is 11.5 Å². The van der Waals surface area contributed by atoms with E-state index in [1.807, 2.05) is 35.2 Å².